The second kappa shape index (κ2) is 23.8. The molecule has 0 aliphatic rings. The fourth-order valence-corrected chi connectivity index (χ4v) is 5.46. The predicted octanol–water partition coefficient (Wildman–Crippen LogP) is 10.5. The summed E-state index contributed by atoms with van der Waals surface area (Å²) < 4.78 is 11.8. The summed E-state index contributed by atoms with van der Waals surface area (Å²) >= 11 is 0. The Morgan fingerprint density at radius 2 is 0.895 bits per heavy atom. The number of hydrogen-bond acceptors (Lipinski definition) is 4. The quantitative estimate of drug-likeness (QED) is 0.0856. The van der Waals surface area contributed by atoms with Gasteiger partial charge in [-0.25, -0.2) is 0 Å². The number of carbonyl (C=O) groups excluding carboxylic acids is 2. The Balaban J connectivity index is 4.49. The van der Waals surface area contributed by atoms with E-state index in [-0.39, 0.29) is 24.1 Å². The van der Waals surface area contributed by atoms with Crippen LogP contribution in [0.25, 0.3) is 0 Å². The fourth-order valence-electron chi connectivity index (χ4n) is 5.46. The lowest BCUT2D eigenvalue weighted by atomic mass is 9.91. The van der Waals surface area contributed by atoms with Crippen LogP contribution in [-0.4, -0.2) is 24.1 Å². The summed E-state index contributed by atoms with van der Waals surface area (Å²) in [5.41, 5.74) is 0. The van der Waals surface area contributed by atoms with Crippen molar-refractivity contribution in [2.75, 3.05) is 0 Å². The topological polar surface area (TPSA) is 52.6 Å². The Morgan fingerprint density at radius 1 is 0.526 bits per heavy atom. The van der Waals surface area contributed by atoms with Crippen molar-refractivity contribution >= 4 is 11.9 Å². The van der Waals surface area contributed by atoms with Crippen molar-refractivity contribution in [3.63, 3.8) is 0 Å². The van der Waals surface area contributed by atoms with Crippen LogP contribution in [0.15, 0.2) is 0 Å². The predicted molar refractivity (Wildman–Crippen MR) is 162 cm³/mol. The molecule has 0 aromatic carbocycles. The van der Waals surface area contributed by atoms with Gasteiger partial charge in [0.15, 0.2) is 0 Å². The van der Waals surface area contributed by atoms with Crippen LogP contribution in [0.2, 0.25) is 0 Å². The van der Waals surface area contributed by atoms with E-state index in [4.69, 9.17) is 9.47 Å². The molecule has 4 heteroatoms. The number of ether oxygens (including phenoxy) is 2. The van der Waals surface area contributed by atoms with Crippen LogP contribution in [0.3, 0.4) is 0 Å². The molecule has 38 heavy (non-hydrogen) atoms. The largest absolute Gasteiger partial charge is 0.462 e. The molecule has 4 nitrogen and oxygen atoms in total. The Labute approximate surface area is 237 Å². The Hall–Kier alpha value is -1.06. The molecule has 0 radical (unpaired) electrons. The second-order valence-corrected chi connectivity index (χ2v) is 12.7. The molecule has 0 saturated heterocycles. The Bertz CT molecular complexity index is 521. The van der Waals surface area contributed by atoms with E-state index in [1.807, 2.05) is 0 Å². The van der Waals surface area contributed by atoms with E-state index >= 15 is 0 Å². The van der Waals surface area contributed by atoms with E-state index in [1.54, 1.807) is 0 Å². The van der Waals surface area contributed by atoms with Gasteiger partial charge in [-0.05, 0) is 75.0 Å². The average Bonchev–Trinajstić information content (AvgIpc) is 2.86. The molecule has 4 atom stereocenters. The van der Waals surface area contributed by atoms with Crippen molar-refractivity contribution in [1.29, 1.82) is 0 Å². The molecular weight excluding hydrogens is 472 g/mol. The summed E-state index contributed by atoms with van der Waals surface area (Å²) in [5, 5.41) is 0. The molecule has 0 aliphatic carbocycles. The minimum Gasteiger partial charge on any atom is -0.462 e. The molecule has 0 rings (SSSR count). The maximum Gasteiger partial charge on any atom is 0.306 e. The zero-order valence-corrected chi connectivity index (χ0v) is 26.8. The molecule has 0 aliphatic heterocycles. The van der Waals surface area contributed by atoms with Crippen LogP contribution < -0.4 is 0 Å². The number of carbonyl (C=O) groups is 2. The summed E-state index contributed by atoms with van der Waals surface area (Å²) in [6, 6.07) is 0. The van der Waals surface area contributed by atoms with Gasteiger partial charge in [-0.2, -0.15) is 0 Å². The highest BCUT2D eigenvalue weighted by atomic mass is 16.5. The first-order chi connectivity index (χ1) is 18.1. The monoisotopic (exact) mass is 538 g/mol. The third-order valence-electron chi connectivity index (χ3n) is 7.96. The first-order valence-corrected chi connectivity index (χ1v) is 16.5. The van der Waals surface area contributed by atoms with Crippen molar-refractivity contribution < 1.29 is 19.1 Å². The van der Waals surface area contributed by atoms with E-state index in [1.165, 1.54) is 51.4 Å². The van der Waals surface area contributed by atoms with Gasteiger partial charge >= 0.3 is 11.9 Å². The number of unbranched alkanes of at least 4 members (excludes halogenated alkanes) is 3. The lowest BCUT2D eigenvalue weighted by molar-refractivity contribution is -0.152. The number of rotatable bonds is 25. The lowest BCUT2D eigenvalue weighted by Gasteiger charge is -2.23. The van der Waals surface area contributed by atoms with Crippen molar-refractivity contribution in [2.24, 2.45) is 23.7 Å². The van der Waals surface area contributed by atoms with E-state index in [0.29, 0.717) is 37.5 Å². The average molecular weight is 539 g/mol. The molecular formula is C34H66O4. The summed E-state index contributed by atoms with van der Waals surface area (Å²) in [6.45, 7) is 17.8. The van der Waals surface area contributed by atoms with E-state index < -0.39 is 0 Å². The Morgan fingerprint density at radius 3 is 1.18 bits per heavy atom. The Kier molecular flexibility index (Phi) is 23.1. The molecule has 0 N–H and O–H groups in total. The molecule has 0 amide bonds. The van der Waals surface area contributed by atoms with Gasteiger partial charge < -0.3 is 9.47 Å². The third kappa shape index (κ3) is 20.8. The molecule has 226 valence electrons. The normalized spacial score (nSPS) is 14.9. The maximum absolute atomic E-state index is 12.6. The smallest absolute Gasteiger partial charge is 0.306 e. The van der Waals surface area contributed by atoms with Crippen molar-refractivity contribution in [2.45, 2.75) is 183 Å². The second-order valence-electron chi connectivity index (χ2n) is 12.7. The highest BCUT2D eigenvalue weighted by molar-refractivity contribution is 5.70. The highest BCUT2D eigenvalue weighted by Crippen LogP contribution is 2.25. The molecule has 0 fully saturated rings. The van der Waals surface area contributed by atoms with Crippen molar-refractivity contribution in [3.8, 4) is 0 Å². The first kappa shape index (κ1) is 36.9. The minimum absolute atomic E-state index is 0.0178. The number of esters is 2. The molecule has 0 saturated carbocycles. The van der Waals surface area contributed by atoms with Crippen molar-refractivity contribution in [1.82, 2.24) is 0 Å². The van der Waals surface area contributed by atoms with Gasteiger partial charge in [-0.1, -0.05) is 107 Å². The summed E-state index contributed by atoms with van der Waals surface area (Å²) in [7, 11) is 0. The number of hydrogen-bond donors (Lipinski definition) is 0. The van der Waals surface area contributed by atoms with Crippen LogP contribution >= 0.6 is 0 Å². The summed E-state index contributed by atoms with van der Waals surface area (Å²) in [6.07, 6.45) is 18.3. The zero-order chi connectivity index (χ0) is 28.8. The molecule has 0 aromatic rings. The van der Waals surface area contributed by atoms with E-state index in [2.05, 4.69) is 55.4 Å². The molecule has 0 spiro atoms. The van der Waals surface area contributed by atoms with Gasteiger partial charge in [0, 0.05) is 12.8 Å². The highest BCUT2D eigenvalue weighted by Gasteiger charge is 2.20. The van der Waals surface area contributed by atoms with Crippen LogP contribution in [0, 0.1) is 23.7 Å². The van der Waals surface area contributed by atoms with E-state index in [9.17, 15) is 9.59 Å². The molecule has 0 bridgehead atoms. The maximum atomic E-state index is 12.6. The fraction of sp³-hybridized carbons (Fsp3) is 0.941. The van der Waals surface area contributed by atoms with Gasteiger partial charge in [0.2, 0.25) is 0 Å². The standard InChI is InChI=1S/C34H66O4/c1-9-13-17-29(11-3)21-23-31(25-27(5)6)37-33(35)19-15-16-20-34(36)38-32(26-28(7)8)24-22-30(12-4)18-14-10-2/h27-32H,9-26H2,1-8H3. The molecule has 0 heterocycles. The van der Waals surface area contributed by atoms with Gasteiger partial charge in [0.05, 0.1) is 0 Å². The van der Waals surface area contributed by atoms with E-state index in [0.717, 1.165) is 50.4 Å². The van der Waals surface area contributed by atoms with Gasteiger partial charge in [0.25, 0.3) is 0 Å². The molecule has 4 unspecified atom stereocenters. The minimum atomic E-state index is -0.110. The third-order valence-corrected chi connectivity index (χ3v) is 7.96. The zero-order valence-electron chi connectivity index (χ0n) is 26.8. The van der Waals surface area contributed by atoms with Crippen LogP contribution in [-0.2, 0) is 19.1 Å². The van der Waals surface area contributed by atoms with Crippen LogP contribution in [0.1, 0.15) is 171 Å². The van der Waals surface area contributed by atoms with Gasteiger partial charge in [-0.3, -0.25) is 9.59 Å². The molecule has 0 aromatic heterocycles. The SMILES string of the molecule is CCCCC(CC)CCC(CC(C)C)OC(=O)CCCCC(=O)OC(CCC(CC)CCCC)CC(C)C. The van der Waals surface area contributed by atoms with Crippen molar-refractivity contribution in [3.05, 3.63) is 0 Å². The lowest BCUT2D eigenvalue weighted by Crippen LogP contribution is -2.22. The van der Waals surface area contributed by atoms with Crippen LogP contribution in [0.4, 0.5) is 0 Å². The summed E-state index contributed by atoms with van der Waals surface area (Å²) in [5.74, 6) is 2.27. The first-order valence-electron chi connectivity index (χ1n) is 16.5. The van der Waals surface area contributed by atoms with Gasteiger partial charge in [-0.15, -0.1) is 0 Å². The summed E-state index contributed by atoms with van der Waals surface area (Å²) in [4.78, 5) is 25.2. The van der Waals surface area contributed by atoms with Crippen LogP contribution in [0.5, 0.6) is 0 Å². The van der Waals surface area contributed by atoms with Gasteiger partial charge in [0.1, 0.15) is 12.2 Å².